The molecule has 1 aromatic heterocycles. The molecule has 2 N–H and O–H groups in total. The minimum atomic E-state index is -0.540. The summed E-state index contributed by atoms with van der Waals surface area (Å²) in [5, 5.41) is 25.8. The number of carbonyl (C=O) groups excluding carboxylic acids is 1. The van der Waals surface area contributed by atoms with E-state index < -0.39 is 10.8 Å². The van der Waals surface area contributed by atoms with Crippen LogP contribution in [-0.2, 0) is 0 Å². The van der Waals surface area contributed by atoms with Crippen LogP contribution in [0.2, 0.25) is 0 Å². The van der Waals surface area contributed by atoms with E-state index in [9.17, 15) is 14.9 Å². The molecule has 9 heteroatoms. The maximum atomic E-state index is 12.4. The van der Waals surface area contributed by atoms with Crippen molar-refractivity contribution in [1.29, 1.82) is 0 Å². The van der Waals surface area contributed by atoms with Gasteiger partial charge < -0.3 is 5.32 Å². The Morgan fingerprint density at radius 2 is 1.55 bits per heavy atom. The zero-order chi connectivity index (χ0) is 23.0. The van der Waals surface area contributed by atoms with Gasteiger partial charge in [0.1, 0.15) is 0 Å². The highest BCUT2D eigenvalue weighted by Crippen LogP contribution is 2.28. The Labute approximate surface area is 194 Å². The van der Waals surface area contributed by atoms with Gasteiger partial charge in [-0.15, -0.1) is 10.2 Å². The number of nitrogens with zero attached hydrogens (tertiary/aromatic N) is 3. The molecule has 0 saturated carbocycles. The van der Waals surface area contributed by atoms with E-state index in [4.69, 9.17) is 0 Å². The normalized spacial score (nSPS) is 10.7. The van der Waals surface area contributed by atoms with Crippen LogP contribution in [0, 0.1) is 10.1 Å². The van der Waals surface area contributed by atoms with E-state index in [-0.39, 0.29) is 17.2 Å². The van der Waals surface area contributed by atoms with Gasteiger partial charge in [-0.3, -0.25) is 20.2 Å². The summed E-state index contributed by atoms with van der Waals surface area (Å²) in [5.41, 5.74) is 2.52. The van der Waals surface area contributed by atoms with Gasteiger partial charge >= 0.3 is 0 Å². The lowest BCUT2D eigenvalue weighted by Crippen LogP contribution is -2.11. The molecule has 0 saturated heterocycles. The van der Waals surface area contributed by atoms with Gasteiger partial charge in [-0.1, -0.05) is 78.1 Å². The van der Waals surface area contributed by atoms with Crippen LogP contribution in [0.3, 0.4) is 0 Å². The van der Waals surface area contributed by atoms with Crippen LogP contribution < -0.4 is 10.6 Å². The third-order valence-electron chi connectivity index (χ3n) is 5.08. The molecule has 0 atom stereocenters. The molecule has 0 aliphatic carbocycles. The molecule has 4 rings (SSSR count). The van der Waals surface area contributed by atoms with Gasteiger partial charge in [0.05, 0.1) is 4.92 Å². The lowest BCUT2D eigenvalue weighted by molar-refractivity contribution is -0.384. The molecule has 33 heavy (non-hydrogen) atoms. The highest BCUT2D eigenvalue weighted by Gasteiger charge is 2.16. The van der Waals surface area contributed by atoms with Crippen molar-refractivity contribution in [3.05, 3.63) is 112 Å². The molecule has 0 fully saturated rings. The van der Waals surface area contributed by atoms with Gasteiger partial charge in [0.25, 0.3) is 11.6 Å². The molecule has 3 aromatic carbocycles. The summed E-state index contributed by atoms with van der Waals surface area (Å²) in [6.07, 6.45) is 0.850. The first-order valence-corrected chi connectivity index (χ1v) is 11.1. The maximum Gasteiger partial charge on any atom is 0.270 e. The summed E-state index contributed by atoms with van der Waals surface area (Å²) in [6, 6.07) is 26.2. The van der Waals surface area contributed by atoms with Gasteiger partial charge in [-0.05, 0) is 23.6 Å². The van der Waals surface area contributed by atoms with Gasteiger partial charge in [-0.25, -0.2) is 0 Å². The molecule has 166 valence electrons. The summed E-state index contributed by atoms with van der Waals surface area (Å²) in [6.45, 7) is 0.669. The molecule has 0 aliphatic rings. The monoisotopic (exact) mass is 459 g/mol. The van der Waals surface area contributed by atoms with Crippen molar-refractivity contribution in [1.82, 2.24) is 10.2 Å². The van der Waals surface area contributed by atoms with E-state index in [1.54, 1.807) is 0 Å². The lowest BCUT2D eigenvalue weighted by Gasteiger charge is -2.18. The molecule has 0 radical (unpaired) electrons. The number of hydrogen-bond donors (Lipinski definition) is 2. The minimum absolute atomic E-state index is 0.145. The number of nitro benzene ring substituents is 1. The highest BCUT2D eigenvalue weighted by atomic mass is 32.1. The second kappa shape index (κ2) is 10.5. The number of carbonyl (C=O) groups is 1. The number of aromatic nitrogens is 2. The van der Waals surface area contributed by atoms with Crippen LogP contribution in [0.15, 0.2) is 84.9 Å². The fourth-order valence-corrected chi connectivity index (χ4v) is 4.16. The number of hydrogen-bond acceptors (Lipinski definition) is 7. The number of non-ortho nitro benzene ring substituents is 1. The van der Waals surface area contributed by atoms with Crippen molar-refractivity contribution in [3.63, 3.8) is 0 Å². The molecule has 0 bridgehead atoms. The molecule has 0 spiro atoms. The number of benzene rings is 3. The topological polar surface area (TPSA) is 110 Å². The van der Waals surface area contributed by atoms with Crippen LogP contribution in [0.4, 0.5) is 16.0 Å². The fourth-order valence-electron chi connectivity index (χ4n) is 3.50. The van der Waals surface area contributed by atoms with E-state index in [0.29, 0.717) is 16.8 Å². The van der Waals surface area contributed by atoms with Crippen LogP contribution in [-0.4, -0.2) is 27.6 Å². The highest BCUT2D eigenvalue weighted by molar-refractivity contribution is 7.19. The third-order valence-corrected chi connectivity index (χ3v) is 5.87. The molecule has 1 amide bonds. The maximum absolute atomic E-state index is 12.4. The Bertz CT molecular complexity index is 1190. The minimum Gasteiger partial charge on any atom is -0.360 e. The number of rotatable bonds is 9. The summed E-state index contributed by atoms with van der Waals surface area (Å²) in [4.78, 5) is 22.8. The molecule has 0 unspecified atom stereocenters. The van der Waals surface area contributed by atoms with Crippen LogP contribution in [0.1, 0.15) is 33.8 Å². The quantitative estimate of drug-likeness (QED) is 0.258. The molecule has 4 aromatic rings. The molecular weight excluding hydrogens is 438 g/mol. The number of nitrogens with one attached hydrogen (secondary N) is 2. The summed E-state index contributed by atoms with van der Waals surface area (Å²) >= 11 is 1.21. The number of nitro groups is 1. The standard InChI is InChI=1S/C24H21N5O3S/c30-22(19-12-7-13-20(16-19)29(31)32)26-24-28-27-23(33-24)25-15-14-21(17-8-3-1-4-9-17)18-10-5-2-6-11-18/h1-13,16,21H,14-15H2,(H,25,27)(H,26,28,30). The predicted octanol–water partition coefficient (Wildman–Crippen LogP) is 5.33. The Balaban J connectivity index is 1.37. The van der Waals surface area contributed by atoms with Crippen molar-refractivity contribution < 1.29 is 9.72 Å². The number of anilines is 2. The van der Waals surface area contributed by atoms with Gasteiger partial charge in [-0.2, -0.15) is 0 Å². The Hall–Kier alpha value is -4.11. The van der Waals surface area contributed by atoms with Gasteiger partial charge in [0, 0.05) is 30.2 Å². The number of amides is 1. The smallest absolute Gasteiger partial charge is 0.270 e. The van der Waals surface area contributed by atoms with Crippen molar-refractivity contribution >= 4 is 33.2 Å². The Kier molecular flexibility index (Phi) is 7.01. The van der Waals surface area contributed by atoms with Crippen molar-refractivity contribution in [3.8, 4) is 0 Å². The lowest BCUT2D eigenvalue weighted by atomic mass is 9.88. The van der Waals surface area contributed by atoms with Crippen LogP contribution in [0.25, 0.3) is 0 Å². The largest absolute Gasteiger partial charge is 0.360 e. The van der Waals surface area contributed by atoms with E-state index in [2.05, 4.69) is 45.1 Å². The Morgan fingerprint density at radius 1 is 0.909 bits per heavy atom. The zero-order valence-corrected chi connectivity index (χ0v) is 18.4. The van der Waals surface area contributed by atoms with E-state index in [1.807, 2.05) is 36.4 Å². The zero-order valence-electron chi connectivity index (χ0n) is 17.5. The second-order valence-corrected chi connectivity index (χ2v) is 8.24. The molecular formula is C24H21N5O3S. The van der Waals surface area contributed by atoms with E-state index in [0.717, 1.165) is 6.42 Å². The van der Waals surface area contributed by atoms with E-state index >= 15 is 0 Å². The predicted molar refractivity (Wildman–Crippen MR) is 129 cm³/mol. The van der Waals surface area contributed by atoms with Crippen LogP contribution >= 0.6 is 11.3 Å². The summed E-state index contributed by atoms with van der Waals surface area (Å²) < 4.78 is 0. The summed E-state index contributed by atoms with van der Waals surface area (Å²) in [7, 11) is 0. The fraction of sp³-hybridized carbons (Fsp3) is 0.125. The van der Waals surface area contributed by atoms with Crippen molar-refractivity contribution in [2.75, 3.05) is 17.2 Å². The van der Waals surface area contributed by atoms with Gasteiger partial charge in [0.15, 0.2) is 0 Å². The third kappa shape index (κ3) is 5.78. The Morgan fingerprint density at radius 3 is 2.18 bits per heavy atom. The average molecular weight is 460 g/mol. The second-order valence-electron chi connectivity index (χ2n) is 7.26. The van der Waals surface area contributed by atoms with Crippen molar-refractivity contribution in [2.45, 2.75) is 12.3 Å². The molecule has 8 nitrogen and oxygen atoms in total. The summed E-state index contributed by atoms with van der Waals surface area (Å²) in [5.74, 6) is -0.240. The van der Waals surface area contributed by atoms with Crippen LogP contribution in [0.5, 0.6) is 0 Å². The average Bonchev–Trinajstić information content (AvgIpc) is 3.30. The SMILES string of the molecule is O=C(Nc1nnc(NCCC(c2ccccc2)c2ccccc2)s1)c1cccc([N+](=O)[O-])c1. The first-order valence-electron chi connectivity index (χ1n) is 10.3. The molecule has 1 heterocycles. The van der Waals surface area contributed by atoms with Gasteiger partial charge in [0.2, 0.25) is 10.3 Å². The van der Waals surface area contributed by atoms with Crippen molar-refractivity contribution in [2.24, 2.45) is 0 Å². The first kappa shape index (κ1) is 22.1. The first-order chi connectivity index (χ1) is 16.1. The molecule has 0 aliphatic heterocycles. The van der Waals surface area contributed by atoms with E-state index in [1.165, 1.54) is 46.7 Å².